The number of Topliss-reactive ketones (excluding diaryl/α,β-unsaturated/α-hetero) is 2. The fraction of sp³-hybridized carbons (Fsp3) is 0.438. The van der Waals surface area contributed by atoms with E-state index < -0.39 is 34.8 Å². The molecule has 21 heavy (non-hydrogen) atoms. The van der Waals surface area contributed by atoms with Crippen molar-refractivity contribution in [3.63, 3.8) is 0 Å². The number of ketones is 2. The van der Waals surface area contributed by atoms with Crippen molar-refractivity contribution in [2.75, 3.05) is 6.61 Å². The van der Waals surface area contributed by atoms with Crippen LogP contribution in [0.3, 0.4) is 0 Å². The predicted molar refractivity (Wildman–Crippen MR) is 70.6 cm³/mol. The van der Waals surface area contributed by atoms with Gasteiger partial charge in [0.15, 0.2) is 0 Å². The number of hydrogen-bond acceptors (Lipinski definition) is 5. The maximum Gasteiger partial charge on any atom is 0.338 e. The van der Waals surface area contributed by atoms with Gasteiger partial charge in [0.2, 0.25) is 11.6 Å². The molecule has 1 aromatic carbocycles. The first kappa shape index (κ1) is 12.7. The lowest BCUT2D eigenvalue weighted by atomic mass is 9.78. The van der Waals surface area contributed by atoms with Gasteiger partial charge in [-0.3, -0.25) is 9.59 Å². The first-order valence-electron chi connectivity index (χ1n) is 6.99. The minimum Gasteiger partial charge on any atom is -0.458 e. The van der Waals surface area contributed by atoms with Crippen LogP contribution in [0.2, 0.25) is 0 Å². The van der Waals surface area contributed by atoms with Crippen molar-refractivity contribution in [1.82, 2.24) is 0 Å². The van der Waals surface area contributed by atoms with Gasteiger partial charge >= 0.3 is 5.97 Å². The summed E-state index contributed by atoms with van der Waals surface area (Å²) in [6, 6.07) is 8.63. The summed E-state index contributed by atoms with van der Waals surface area (Å²) < 4.78 is 11.0. The molecule has 1 spiro atoms. The SMILES string of the molecule is C[C@]12C(=O)C(=O)[C@@H](C[C@H]1OC(=O)c1ccccc1)[C@@]21CO1. The normalized spacial score (nSPS) is 39.9. The zero-order chi connectivity index (χ0) is 14.8. The molecule has 108 valence electrons. The Morgan fingerprint density at radius 1 is 1.29 bits per heavy atom. The van der Waals surface area contributed by atoms with Crippen molar-refractivity contribution in [1.29, 1.82) is 0 Å². The van der Waals surface area contributed by atoms with Gasteiger partial charge < -0.3 is 9.47 Å². The highest BCUT2D eigenvalue weighted by Crippen LogP contribution is 2.65. The molecule has 0 amide bonds. The summed E-state index contributed by atoms with van der Waals surface area (Å²) >= 11 is 0. The van der Waals surface area contributed by atoms with Gasteiger partial charge in [0, 0.05) is 0 Å². The van der Waals surface area contributed by atoms with Crippen molar-refractivity contribution in [3.05, 3.63) is 35.9 Å². The summed E-state index contributed by atoms with van der Waals surface area (Å²) in [4.78, 5) is 36.4. The molecule has 2 bridgehead atoms. The summed E-state index contributed by atoms with van der Waals surface area (Å²) in [7, 11) is 0. The van der Waals surface area contributed by atoms with Crippen LogP contribution in [0.5, 0.6) is 0 Å². The number of carbonyl (C=O) groups is 3. The summed E-state index contributed by atoms with van der Waals surface area (Å²) in [5.74, 6) is -1.75. The van der Waals surface area contributed by atoms with E-state index in [9.17, 15) is 14.4 Å². The van der Waals surface area contributed by atoms with Crippen LogP contribution in [0.15, 0.2) is 30.3 Å². The summed E-state index contributed by atoms with van der Waals surface area (Å²) in [5, 5.41) is 0. The highest BCUT2D eigenvalue weighted by molar-refractivity contribution is 6.44. The Balaban J connectivity index is 1.63. The lowest BCUT2D eigenvalue weighted by Crippen LogP contribution is -2.46. The van der Waals surface area contributed by atoms with Crippen LogP contribution in [-0.2, 0) is 19.1 Å². The Hall–Kier alpha value is -2.01. The highest BCUT2D eigenvalue weighted by atomic mass is 16.6. The zero-order valence-electron chi connectivity index (χ0n) is 11.5. The van der Waals surface area contributed by atoms with Gasteiger partial charge in [0.25, 0.3) is 0 Å². The van der Waals surface area contributed by atoms with E-state index >= 15 is 0 Å². The number of ether oxygens (including phenoxy) is 2. The quantitative estimate of drug-likeness (QED) is 0.463. The molecular formula is C16H14O5. The number of rotatable bonds is 2. The number of hydrogen-bond donors (Lipinski definition) is 0. The molecule has 2 aliphatic carbocycles. The van der Waals surface area contributed by atoms with E-state index in [0.29, 0.717) is 18.6 Å². The van der Waals surface area contributed by atoms with E-state index in [0.717, 1.165) is 0 Å². The molecule has 4 rings (SSSR count). The lowest BCUT2D eigenvalue weighted by Gasteiger charge is -2.30. The summed E-state index contributed by atoms with van der Waals surface area (Å²) in [5.41, 5.74) is -1.31. The topological polar surface area (TPSA) is 73.0 Å². The third kappa shape index (κ3) is 1.37. The van der Waals surface area contributed by atoms with Crippen molar-refractivity contribution in [2.24, 2.45) is 11.3 Å². The Morgan fingerprint density at radius 2 is 1.95 bits per heavy atom. The van der Waals surface area contributed by atoms with Crippen LogP contribution < -0.4 is 0 Å². The van der Waals surface area contributed by atoms with Crippen LogP contribution in [0.4, 0.5) is 0 Å². The highest BCUT2D eigenvalue weighted by Gasteiger charge is 2.82. The molecule has 1 aliphatic heterocycles. The third-order valence-corrected chi connectivity index (χ3v) is 5.26. The van der Waals surface area contributed by atoms with E-state index in [1.165, 1.54) is 0 Å². The zero-order valence-corrected chi connectivity index (χ0v) is 11.5. The van der Waals surface area contributed by atoms with Crippen molar-refractivity contribution in [3.8, 4) is 0 Å². The molecule has 2 saturated carbocycles. The largest absolute Gasteiger partial charge is 0.458 e. The predicted octanol–water partition coefficient (Wildman–Crippen LogP) is 1.16. The molecule has 3 fully saturated rings. The van der Waals surface area contributed by atoms with E-state index in [1.807, 2.05) is 6.07 Å². The fourth-order valence-electron chi connectivity index (χ4n) is 3.86. The molecule has 5 heteroatoms. The van der Waals surface area contributed by atoms with E-state index in [-0.39, 0.29) is 5.78 Å². The second-order valence-electron chi connectivity index (χ2n) is 6.12. The van der Waals surface area contributed by atoms with Crippen molar-refractivity contribution < 1.29 is 23.9 Å². The van der Waals surface area contributed by atoms with Crippen molar-refractivity contribution in [2.45, 2.75) is 25.0 Å². The summed E-state index contributed by atoms with van der Waals surface area (Å²) in [6.07, 6.45) is -0.220. The molecule has 3 aliphatic rings. The van der Waals surface area contributed by atoms with Gasteiger partial charge in [-0.2, -0.15) is 0 Å². The van der Waals surface area contributed by atoms with Gasteiger partial charge in [-0.25, -0.2) is 4.79 Å². The molecule has 0 aromatic heterocycles. The number of esters is 1. The Morgan fingerprint density at radius 3 is 2.52 bits per heavy atom. The van der Waals surface area contributed by atoms with Crippen LogP contribution >= 0.6 is 0 Å². The number of benzene rings is 1. The minimum absolute atomic E-state index is 0.373. The van der Waals surface area contributed by atoms with Crippen LogP contribution in [0, 0.1) is 11.3 Å². The lowest BCUT2D eigenvalue weighted by molar-refractivity contribution is -0.145. The third-order valence-electron chi connectivity index (χ3n) is 5.26. The maximum atomic E-state index is 12.3. The Kier molecular flexibility index (Phi) is 2.30. The second kappa shape index (κ2) is 3.80. The van der Waals surface area contributed by atoms with Crippen LogP contribution in [0.25, 0.3) is 0 Å². The van der Waals surface area contributed by atoms with E-state index in [1.54, 1.807) is 31.2 Å². The Bertz CT molecular complexity index is 661. The van der Waals surface area contributed by atoms with Gasteiger partial charge in [-0.1, -0.05) is 18.2 Å². The van der Waals surface area contributed by atoms with Gasteiger partial charge in [0.1, 0.15) is 17.1 Å². The first-order valence-corrected chi connectivity index (χ1v) is 6.99. The molecular weight excluding hydrogens is 272 g/mol. The van der Waals surface area contributed by atoms with Crippen molar-refractivity contribution >= 4 is 17.5 Å². The van der Waals surface area contributed by atoms with Gasteiger partial charge in [-0.05, 0) is 25.5 Å². The fourth-order valence-corrected chi connectivity index (χ4v) is 3.86. The van der Waals surface area contributed by atoms with Gasteiger partial charge in [-0.15, -0.1) is 0 Å². The monoisotopic (exact) mass is 286 g/mol. The standard InChI is InChI=1S/C16H14O5/c1-15-11(21-14(19)9-5-3-2-4-6-9)7-10(12(17)13(15)18)16(15)8-20-16/h2-6,10-11H,7-8H2,1H3/t10-,11-,15-,16+/m1/s1. The van der Waals surface area contributed by atoms with Gasteiger partial charge in [0.05, 0.1) is 18.1 Å². The van der Waals surface area contributed by atoms with Crippen LogP contribution in [0.1, 0.15) is 23.7 Å². The molecule has 1 heterocycles. The minimum atomic E-state index is -1.03. The first-order chi connectivity index (χ1) is 10.0. The molecule has 4 atom stereocenters. The molecule has 5 nitrogen and oxygen atoms in total. The summed E-state index contributed by atoms with van der Waals surface area (Å²) in [6.45, 7) is 2.08. The number of carbonyl (C=O) groups excluding carboxylic acids is 3. The molecule has 1 saturated heterocycles. The van der Waals surface area contributed by atoms with Crippen LogP contribution in [-0.4, -0.2) is 35.8 Å². The number of epoxide rings is 1. The van der Waals surface area contributed by atoms with E-state index in [4.69, 9.17) is 9.47 Å². The maximum absolute atomic E-state index is 12.3. The molecule has 0 N–H and O–H groups in total. The van der Waals surface area contributed by atoms with E-state index in [2.05, 4.69) is 0 Å². The average molecular weight is 286 g/mol. The smallest absolute Gasteiger partial charge is 0.338 e. The average Bonchev–Trinajstić information content (AvgIpc) is 3.24. The molecule has 0 radical (unpaired) electrons. The second-order valence-corrected chi connectivity index (χ2v) is 6.12. The Labute approximate surface area is 121 Å². The molecule has 1 aromatic rings. The molecule has 0 unspecified atom stereocenters.